The number of pyridine rings is 1. The molecule has 1 amide bonds. The fourth-order valence-electron chi connectivity index (χ4n) is 4.49. The highest BCUT2D eigenvalue weighted by Crippen LogP contribution is 2.34. The molecule has 0 unspecified atom stereocenters. The summed E-state index contributed by atoms with van der Waals surface area (Å²) in [6, 6.07) is 15.5. The maximum atomic E-state index is 13.6. The van der Waals surface area contributed by atoms with Crippen molar-refractivity contribution in [3.63, 3.8) is 0 Å². The Balaban J connectivity index is 1.81. The number of piperidine rings is 1. The maximum Gasteiger partial charge on any atom is 0.254 e. The normalized spacial score (nSPS) is 19.0. The van der Waals surface area contributed by atoms with Crippen LogP contribution in [-0.2, 0) is 0 Å². The third kappa shape index (κ3) is 3.84. The van der Waals surface area contributed by atoms with E-state index in [0.29, 0.717) is 28.9 Å². The van der Waals surface area contributed by atoms with Gasteiger partial charge in [-0.3, -0.25) is 4.79 Å². The molecule has 0 saturated carbocycles. The first-order valence-electron chi connectivity index (χ1n) is 10.4. The van der Waals surface area contributed by atoms with Crippen LogP contribution in [-0.4, -0.2) is 43.1 Å². The van der Waals surface area contributed by atoms with Gasteiger partial charge in [0.25, 0.3) is 5.91 Å². The predicted octanol–water partition coefficient (Wildman–Crippen LogP) is 5.04. The van der Waals surface area contributed by atoms with Gasteiger partial charge in [0.05, 0.1) is 31.0 Å². The van der Waals surface area contributed by atoms with Gasteiger partial charge in [-0.15, -0.1) is 0 Å². The van der Waals surface area contributed by atoms with Gasteiger partial charge in [0.2, 0.25) is 0 Å². The van der Waals surface area contributed by atoms with Crippen LogP contribution in [0.15, 0.2) is 48.5 Å². The summed E-state index contributed by atoms with van der Waals surface area (Å²) in [7, 11) is 3.23. The third-order valence-electron chi connectivity index (χ3n) is 5.78. The minimum atomic E-state index is 0.0775. The zero-order valence-corrected chi connectivity index (χ0v) is 18.0. The second-order valence-electron chi connectivity index (χ2n) is 8.30. The molecule has 2 heterocycles. The monoisotopic (exact) mass is 404 g/mol. The van der Waals surface area contributed by atoms with E-state index in [1.807, 2.05) is 53.4 Å². The first kappa shape index (κ1) is 20.2. The van der Waals surface area contributed by atoms with Crippen LogP contribution in [0.5, 0.6) is 11.5 Å². The molecule has 3 aromatic rings. The first-order valence-corrected chi connectivity index (χ1v) is 10.4. The Hall–Kier alpha value is -3.08. The fourth-order valence-corrected chi connectivity index (χ4v) is 4.49. The molecule has 2 atom stereocenters. The summed E-state index contributed by atoms with van der Waals surface area (Å²) >= 11 is 0. The number of aromatic nitrogens is 1. The Kier molecular flexibility index (Phi) is 5.62. The molecule has 0 bridgehead atoms. The molecule has 4 rings (SSSR count). The lowest BCUT2D eigenvalue weighted by Gasteiger charge is -2.35. The number of carbonyl (C=O) groups excluding carboxylic acids is 1. The summed E-state index contributed by atoms with van der Waals surface area (Å²) in [6.07, 6.45) is 1.16. The quantitative estimate of drug-likeness (QED) is 0.611. The van der Waals surface area contributed by atoms with Gasteiger partial charge in [-0.05, 0) is 48.6 Å². The Morgan fingerprint density at radius 2 is 1.67 bits per heavy atom. The van der Waals surface area contributed by atoms with Gasteiger partial charge in [-0.1, -0.05) is 32.0 Å². The van der Waals surface area contributed by atoms with E-state index < -0.39 is 0 Å². The molecule has 0 aliphatic carbocycles. The molecule has 2 aromatic carbocycles. The number of amides is 1. The lowest BCUT2D eigenvalue weighted by Crippen LogP contribution is -2.42. The SMILES string of the molecule is COc1ccc(-c2cc(C(=O)N3C[C@H](C)C[C@@H](C)C3)c3ccccc3n2)cc1OC. The van der Waals surface area contributed by atoms with Crippen LogP contribution in [0.2, 0.25) is 0 Å². The van der Waals surface area contributed by atoms with E-state index in [0.717, 1.165) is 41.7 Å². The van der Waals surface area contributed by atoms with Crippen molar-refractivity contribution in [1.82, 2.24) is 9.88 Å². The van der Waals surface area contributed by atoms with Crippen molar-refractivity contribution in [2.45, 2.75) is 20.3 Å². The molecule has 0 radical (unpaired) electrons. The first-order chi connectivity index (χ1) is 14.5. The number of likely N-dealkylation sites (tertiary alicyclic amines) is 1. The second kappa shape index (κ2) is 8.34. The van der Waals surface area contributed by atoms with E-state index >= 15 is 0 Å². The maximum absolute atomic E-state index is 13.6. The average Bonchev–Trinajstić information content (AvgIpc) is 2.76. The van der Waals surface area contributed by atoms with Crippen molar-refractivity contribution in [3.8, 4) is 22.8 Å². The summed E-state index contributed by atoms with van der Waals surface area (Å²) < 4.78 is 10.8. The number of ether oxygens (including phenoxy) is 2. The van der Waals surface area contributed by atoms with Gasteiger partial charge in [0, 0.05) is 24.0 Å². The van der Waals surface area contributed by atoms with Crippen LogP contribution < -0.4 is 9.47 Å². The van der Waals surface area contributed by atoms with Gasteiger partial charge < -0.3 is 14.4 Å². The zero-order valence-electron chi connectivity index (χ0n) is 18.0. The van der Waals surface area contributed by atoms with Crippen LogP contribution in [0.3, 0.4) is 0 Å². The molecule has 30 heavy (non-hydrogen) atoms. The number of methoxy groups -OCH3 is 2. The number of carbonyl (C=O) groups is 1. The number of hydrogen-bond acceptors (Lipinski definition) is 4. The van der Waals surface area contributed by atoms with Gasteiger partial charge in [0.15, 0.2) is 11.5 Å². The summed E-state index contributed by atoms with van der Waals surface area (Å²) in [6.45, 7) is 6.03. The van der Waals surface area contributed by atoms with Crippen molar-refractivity contribution in [3.05, 3.63) is 54.1 Å². The number of rotatable bonds is 4. The Bertz CT molecular complexity index is 1070. The molecule has 0 N–H and O–H groups in total. The van der Waals surface area contributed by atoms with E-state index in [2.05, 4.69) is 13.8 Å². The second-order valence-corrected chi connectivity index (χ2v) is 8.30. The van der Waals surface area contributed by atoms with Crippen molar-refractivity contribution in [2.75, 3.05) is 27.3 Å². The topological polar surface area (TPSA) is 51.7 Å². The van der Waals surface area contributed by atoms with Crippen molar-refractivity contribution >= 4 is 16.8 Å². The van der Waals surface area contributed by atoms with E-state index in [4.69, 9.17) is 14.5 Å². The highest BCUT2D eigenvalue weighted by molar-refractivity contribution is 6.07. The van der Waals surface area contributed by atoms with Crippen LogP contribution in [0, 0.1) is 11.8 Å². The number of hydrogen-bond donors (Lipinski definition) is 0. The molecule has 1 aromatic heterocycles. The van der Waals surface area contributed by atoms with Gasteiger partial charge in [-0.2, -0.15) is 0 Å². The minimum absolute atomic E-state index is 0.0775. The van der Waals surface area contributed by atoms with E-state index in [-0.39, 0.29) is 5.91 Å². The number of para-hydroxylation sites is 1. The fraction of sp³-hybridized carbons (Fsp3) is 0.360. The molecule has 5 heteroatoms. The molecular formula is C25H28N2O3. The summed E-state index contributed by atoms with van der Waals surface area (Å²) in [5.41, 5.74) is 3.14. The number of fused-ring (bicyclic) bond motifs is 1. The Morgan fingerprint density at radius 1 is 0.967 bits per heavy atom. The highest BCUT2D eigenvalue weighted by Gasteiger charge is 2.27. The van der Waals surface area contributed by atoms with Crippen molar-refractivity contribution in [2.24, 2.45) is 11.8 Å². The van der Waals surface area contributed by atoms with Crippen LogP contribution in [0.1, 0.15) is 30.6 Å². The van der Waals surface area contributed by atoms with E-state index in [1.54, 1.807) is 14.2 Å². The molecule has 1 aliphatic heterocycles. The highest BCUT2D eigenvalue weighted by atomic mass is 16.5. The van der Waals surface area contributed by atoms with Crippen LogP contribution >= 0.6 is 0 Å². The summed E-state index contributed by atoms with van der Waals surface area (Å²) in [4.78, 5) is 20.4. The van der Waals surface area contributed by atoms with Gasteiger partial charge in [0.1, 0.15) is 0 Å². The van der Waals surface area contributed by atoms with Gasteiger partial charge >= 0.3 is 0 Å². The molecular weight excluding hydrogens is 376 g/mol. The van der Waals surface area contributed by atoms with Crippen LogP contribution in [0.25, 0.3) is 22.2 Å². The standard InChI is InChI=1S/C25H28N2O3/c1-16-11-17(2)15-27(14-16)25(28)20-13-22(26-21-8-6-5-7-19(20)21)18-9-10-23(29-3)24(12-18)30-4/h5-10,12-13,16-17H,11,14-15H2,1-4H3/t16-,17-/m1/s1. The zero-order chi connectivity index (χ0) is 21.3. The smallest absolute Gasteiger partial charge is 0.254 e. The molecule has 1 fully saturated rings. The van der Waals surface area contributed by atoms with E-state index in [9.17, 15) is 4.79 Å². The molecule has 156 valence electrons. The van der Waals surface area contributed by atoms with E-state index in [1.165, 1.54) is 0 Å². The largest absolute Gasteiger partial charge is 0.493 e. The summed E-state index contributed by atoms with van der Waals surface area (Å²) in [5, 5.41) is 0.887. The lowest BCUT2D eigenvalue weighted by atomic mass is 9.91. The lowest BCUT2D eigenvalue weighted by molar-refractivity contribution is 0.0625. The summed E-state index contributed by atoms with van der Waals surface area (Å²) in [5.74, 6) is 2.40. The molecule has 1 aliphatic rings. The molecule has 1 saturated heterocycles. The van der Waals surface area contributed by atoms with Crippen LogP contribution in [0.4, 0.5) is 0 Å². The van der Waals surface area contributed by atoms with Crippen molar-refractivity contribution < 1.29 is 14.3 Å². The minimum Gasteiger partial charge on any atom is -0.493 e. The molecule has 0 spiro atoms. The predicted molar refractivity (Wildman–Crippen MR) is 119 cm³/mol. The number of nitrogens with zero attached hydrogens (tertiary/aromatic N) is 2. The Labute approximate surface area is 177 Å². The third-order valence-corrected chi connectivity index (χ3v) is 5.78. The molecule has 5 nitrogen and oxygen atoms in total. The van der Waals surface area contributed by atoms with Crippen molar-refractivity contribution in [1.29, 1.82) is 0 Å². The van der Waals surface area contributed by atoms with Gasteiger partial charge in [-0.25, -0.2) is 4.98 Å². The Morgan fingerprint density at radius 3 is 2.37 bits per heavy atom. The number of benzene rings is 2. The average molecular weight is 405 g/mol.